The van der Waals surface area contributed by atoms with Crippen molar-refractivity contribution in [2.75, 3.05) is 7.11 Å². The van der Waals surface area contributed by atoms with Crippen molar-refractivity contribution in [3.8, 4) is 0 Å². The first-order valence-electron chi connectivity index (χ1n) is 4.09. The molecular weight excluding hydrogens is 182 g/mol. The number of benzene rings is 1. The van der Waals surface area contributed by atoms with E-state index in [-0.39, 0.29) is 12.4 Å². The van der Waals surface area contributed by atoms with Crippen LogP contribution in [0.1, 0.15) is 11.1 Å². The highest BCUT2D eigenvalue weighted by atomic mass is 16.5. The summed E-state index contributed by atoms with van der Waals surface area (Å²) in [6.07, 6.45) is 1.53. The summed E-state index contributed by atoms with van der Waals surface area (Å²) < 4.78 is 4.53. The Kier molecular flexibility index (Phi) is 3.67. The van der Waals surface area contributed by atoms with Crippen LogP contribution in [0.4, 0.5) is 0 Å². The molecule has 0 unspecified atom stereocenters. The van der Waals surface area contributed by atoms with Crippen molar-refractivity contribution in [2.24, 2.45) is 5.16 Å². The molecule has 0 saturated carbocycles. The van der Waals surface area contributed by atoms with Crippen molar-refractivity contribution in [3.63, 3.8) is 0 Å². The molecule has 0 amide bonds. The minimum absolute atomic E-state index is 0.226. The average Bonchev–Trinajstić information content (AvgIpc) is 2.19. The minimum Gasteiger partial charge on any atom is -0.469 e. The Labute approximate surface area is 81.8 Å². The predicted octanol–water partition coefficient (Wildman–Crippen LogP) is 1.21. The first-order chi connectivity index (χ1) is 6.76. The van der Waals surface area contributed by atoms with E-state index in [2.05, 4.69) is 9.89 Å². The minimum atomic E-state index is -0.289. The normalized spacial score (nSPS) is 10.4. The van der Waals surface area contributed by atoms with Crippen LogP contribution in [0.3, 0.4) is 0 Å². The molecule has 1 rings (SSSR count). The van der Waals surface area contributed by atoms with Crippen LogP contribution in [0.5, 0.6) is 0 Å². The number of carbonyl (C=O) groups excluding carboxylic acids is 1. The van der Waals surface area contributed by atoms with Crippen LogP contribution in [0.15, 0.2) is 29.4 Å². The Morgan fingerprint density at radius 3 is 3.07 bits per heavy atom. The third kappa shape index (κ3) is 2.90. The molecule has 0 bridgehead atoms. The summed E-state index contributed by atoms with van der Waals surface area (Å²) in [6.45, 7) is 0. The number of methoxy groups -OCH3 is 1. The summed E-state index contributed by atoms with van der Waals surface area (Å²) >= 11 is 0. The van der Waals surface area contributed by atoms with Crippen LogP contribution in [0, 0.1) is 0 Å². The van der Waals surface area contributed by atoms with Gasteiger partial charge in [0.1, 0.15) is 0 Å². The maximum atomic E-state index is 10.9. The van der Waals surface area contributed by atoms with Crippen molar-refractivity contribution in [1.29, 1.82) is 0 Å². The molecule has 0 atom stereocenters. The smallest absolute Gasteiger partial charge is 0.309 e. The Morgan fingerprint density at radius 1 is 1.64 bits per heavy atom. The Morgan fingerprint density at radius 2 is 2.43 bits per heavy atom. The Balaban J connectivity index is 2.78. The second-order valence-corrected chi connectivity index (χ2v) is 2.74. The maximum Gasteiger partial charge on any atom is 0.309 e. The highest BCUT2D eigenvalue weighted by Crippen LogP contribution is 2.04. The number of rotatable bonds is 3. The molecule has 0 aliphatic heterocycles. The highest BCUT2D eigenvalue weighted by Gasteiger charge is 2.02. The number of hydrogen-bond donors (Lipinski definition) is 1. The highest BCUT2D eigenvalue weighted by molar-refractivity contribution is 5.80. The first kappa shape index (κ1) is 10.2. The predicted molar refractivity (Wildman–Crippen MR) is 51.5 cm³/mol. The van der Waals surface area contributed by atoms with Crippen molar-refractivity contribution < 1.29 is 14.7 Å². The van der Waals surface area contributed by atoms with Gasteiger partial charge < -0.3 is 9.94 Å². The number of carbonyl (C=O) groups is 1. The SMILES string of the molecule is COC(=O)Cc1cccc(C=NO)c1. The zero-order chi connectivity index (χ0) is 10.4. The third-order valence-corrected chi connectivity index (χ3v) is 1.73. The van der Waals surface area contributed by atoms with Crippen LogP contribution in [-0.2, 0) is 16.0 Å². The lowest BCUT2D eigenvalue weighted by atomic mass is 10.1. The van der Waals surface area contributed by atoms with Gasteiger partial charge in [0.2, 0.25) is 0 Å². The molecule has 1 N–H and O–H groups in total. The standard InChI is InChI=1S/C10H11NO3/c1-14-10(12)6-8-3-2-4-9(5-8)7-11-13/h2-5,7,13H,6H2,1H3. The van der Waals surface area contributed by atoms with Gasteiger partial charge in [-0.05, 0) is 17.2 Å². The number of oxime groups is 1. The quantitative estimate of drug-likeness (QED) is 0.340. The van der Waals surface area contributed by atoms with E-state index in [0.29, 0.717) is 0 Å². The fourth-order valence-corrected chi connectivity index (χ4v) is 1.09. The largest absolute Gasteiger partial charge is 0.469 e. The Bertz CT molecular complexity index is 347. The molecule has 0 aliphatic rings. The van der Waals surface area contributed by atoms with Gasteiger partial charge in [-0.2, -0.15) is 0 Å². The molecule has 0 radical (unpaired) electrons. The summed E-state index contributed by atoms with van der Waals surface area (Å²) in [7, 11) is 1.35. The van der Waals surface area contributed by atoms with E-state index in [0.717, 1.165) is 11.1 Å². The summed E-state index contributed by atoms with van der Waals surface area (Å²) in [4.78, 5) is 10.9. The molecule has 1 aromatic carbocycles. The van der Waals surface area contributed by atoms with Crippen LogP contribution < -0.4 is 0 Å². The van der Waals surface area contributed by atoms with E-state index in [4.69, 9.17) is 5.21 Å². The van der Waals surface area contributed by atoms with E-state index < -0.39 is 0 Å². The van der Waals surface area contributed by atoms with Gasteiger partial charge in [-0.3, -0.25) is 4.79 Å². The molecule has 4 nitrogen and oxygen atoms in total. The summed E-state index contributed by atoms with van der Waals surface area (Å²) in [6, 6.07) is 7.14. The fraction of sp³-hybridized carbons (Fsp3) is 0.200. The lowest BCUT2D eigenvalue weighted by Crippen LogP contribution is -2.04. The zero-order valence-corrected chi connectivity index (χ0v) is 7.80. The van der Waals surface area contributed by atoms with E-state index in [9.17, 15) is 4.79 Å². The van der Waals surface area contributed by atoms with Gasteiger partial charge in [0.05, 0.1) is 19.7 Å². The van der Waals surface area contributed by atoms with Crippen molar-refractivity contribution in [2.45, 2.75) is 6.42 Å². The fourth-order valence-electron chi connectivity index (χ4n) is 1.09. The molecule has 0 saturated heterocycles. The summed E-state index contributed by atoms with van der Waals surface area (Å²) in [5.74, 6) is -0.289. The zero-order valence-electron chi connectivity index (χ0n) is 7.80. The maximum absolute atomic E-state index is 10.9. The van der Waals surface area contributed by atoms with Crippen LogP contribution in [0.25, 0.3) is 0 Å². The molecule has 0 aliphatic carbocycles. The molecule has 0 fully saturated rings. The molecule has 4 heteroatoms. The lowest BCUT2D eigenvalue weighted by Gasteiger charge is -2.00. The third-order valence-electron chi connectivity index (χ3n) is 1.73. The van der Waals surface area contributed by atoms with Gasteiger partial charge in [-0.15, -0.1) is 0 Å². The lowest BCUT2D eigenvalue weighted by molar-refractivity contribution is -0.139. The molecule has 0 spiro atoms. The summed E-state index contributed by atoms with van der Waals surface area (Å²) in [5, 5.41) is 11.2. The molecule has 0 heterocycles. The molecular formula is C10H11NO3. The second kappa shape index (κ2) is 5.01. The van der Waals surface area contributed by atoms with Crippen molar-refractivity contribution in [1.82, 2.24) is 0 Å². The van der Waals surface area contributed by atoms with Crippen LogP contribution in [-0.4, -0.2) is 24.5 Å². The molecule has 14 heavy (non-hydrogen) atoms. The van der Waals surface area contributed by atoms with E-state index in [1.54, 1.807) is 18.2 Å². The van der Waals surface area contributed by atoms with Gasteiger partial charge in [0, 0.05) is 0 Å². The first-order valence-corrected chi connectivity index (χ1v) is 4.09. The van der Waals surface area contributed by atoms with Crippen LogP contribution >= 0.6 is 0 Å². The molecule has 74 valence electrons. The monoisotopic (exact) mass is 193 g/mol. The van der Waals surface area contributed by atoms with E-state index in [1.165, 1.54) is 13.3 Å². The van der Waals surface area contributed by atoms with Gasteiger partial charge in [-0.25, -0.2) is 0 Å². The number of hydrogen-bond acceptors (Lipinski definition) is 4. The van der Waals surface area contributed by atoms with Gasteiger partial charge >= 0.3 is 5.97 Å². The second-order valence-electron chi connectivity index (χ2n) is 2.74. The average molecular weight is 193 g/mol. The van der Waals surface area contributed by atoms with Crippen molar-refractivity contribution in [3.05, 3.63) is 35.4 Å². The van der Waals surface area contributed by atoms with Gasteiger partial charge in [0.15, 0.2) is 0 Å². The summed E-state index contributed by atoms with van der Waals surface area (Å²) in [5.41, 5.74) is 1.57. The number of ether oxygens (including phenoxy) is 1. The van der Waals surface area contributed by atoms with Gasteiger partial charge in [0.25, 0.3) is 0 Å². The van der Waals surface area contributed by atoms with Crippen molar-refractivity contribution >= 4 is 12.2 Å². The topological polar surface area (TPSA) is 58.9 Å². The number of nitrogens with zero attached hydrogens (tertiary/aromatic N) is 1. The van der Waals surface area contributed by atoms with E-state index in [1.807, 2.05) is 6.07 Å². The van der Waals surface area contributed by atoms with Gasteiger partial charge in [-0.1, -0.05) is 23.4 Å². The Hall–Kier alpha value is -1.84. The van der Waals surface area contributed by atoms with E-state index >= 15 is 0 Å². The molecule has 0 aromatic heterocycles. The molecule has 1 aromatic rings. The van der Waals surface area contributed by atoms with Crippen LogP contribution in [0.2, 0.25) is 0 Å². The number of esters is 1.